The lowest BCUT2D eigenvalue weighted by Gasteiger charge is -2.46. The van der Waals surface area contributed by atoms with Crippen LogP contribution in [0.15, 0.2) is 59.8 Å². The van der Waals surface area contributed by atoms with Gasteiger partial charge in [0.15, 0.2) is 5.82 Å². The fourth-order valence-electron chi connectivity index (χ4n) is 4.10. The van der Waals surface area contributed by atoms with Crippen LogP contribution < -0.4 is 15.5 Å². The third kappa shape index (κ3) is 5.89. The maximum Gasteiger partial charge on any atom is 0.319 e. The smallest absolute Gasteiger partial charge is 0.319 e. The Hall–Kier alpha value is -3.29. The summed E-state index contributed by atoms with van der Waals surface area (Å²) in [4.78, 5) is 28.1. The van der Waals surface area contributed by atoms with E-state index < -0.39 is 21.4 Å². The minimum Gasteiger partial charge on any atom is -0.395 e. The number of pyridine rings is 1. The van der Waals surface area contributed by atoms with Gasteiger partial charge in [-0.2, -0.15) is 10.6 Å². The molecule has 1 aliphatic heterocycles. The van der Waals surface area contributed by atoms with Crippen LogP contribution in [0.25, 0.3) is 11.4 Å². The molecule has 0 unspecified atom stereocenters. The summed E-state index contributed by atoms with van der Waals surface area (Å²) >= 11 is 0. The van der Waals surface area contributed by atoms with Crippen LogP contribution in [0.2, 0.25) is 0 Å². The Balaban J connectivity index is 1.74. The van der Waals surface area contributed by atoms with Crippen molar-refractivity contribution in [3.05, 3.63) is 60.6 Å². The Bertz CT molecular complexity index is 1240. The second-order valence-corrected chi connectivity index (χ2v) is 12.1. The van der Waals surface area contributed by atoms with Crippen LogP contribution in [0, 0.1) is 0 Å². The zero-order chi connectivity index (χ0) is 27.3. The molecule has 0 aliphatic carbocycles. The van der Waals surface area contributed by atoms with E-state index in [1.807, 2.05) is 6.07 Å². The van der Waals surface area contributed by atoms with E-state index in [0.717, 1.165) is 0 Å². The van der Waals surface area contributed by atoms with E-state index in [2.05, 4.69) is 27.4 Å². The van der Waals surface area contributed by atoms with Gasteiger partial charge in [0.25, 0.3) is 0 Å². The molecule has 1 aliphatic rings. The molecular formula is C26H34N6O5S. The number of rotatable bonds is 8. The van der Waals surface area contributed by atoms with Gasteiger partial charge in [0.1, 0.15) is 10.6 Å². The third-order valence-electron chi connectivity index (χ3n) is 6.48. The van der Waals surface area contributed by atoms with Crippen molar-refractivity contribution in [2.24, 2.45) is 0 Å². The van der Waals surface area contributed by atoms with Gasteiger partial charge in [0.05, 0.1) is 36.5 Å². The number of anilines is 2. The van der Waals surface area contributed by atoms with Crippen molar-refractivity contribution in [3.8, 4) is 11.4 Å². The van der Waals surface area contributed by atoms with Crippen molar-refractivity contribution in [1.82, 2.24) is 20.3 Å². The number of nitrogens with zero attached hydrogens (tertiary/aromatic N) is 4. The summed E-state index contributed by atoms with van der Waals surface area (Å²) in [6, 6.07) is 11.7. The number of benzene rings is 1. The molecule has 3 aromatic rings. The maximum absolute atomic E-state index is 11.9. The van der Waals surface area contributed by atoms with Gasteiger partial charge in [-0.05, 0) is 57.2 Å². The summed E-state index contributed by atoms with van der Waals surface area (Å²) in [5.74, 6) is 1.09. The molecule has 12 heteroatoms. The topological polar surface area (TPSA) is 153 Å². The lowest BCUT2D eigenvalue weighted by Crippen LogP contribution is -2.44. The summed E-state index contributed by atoms with van der Waals surface area (Å²) in [7, 11) is -3.33. The van der Waals surface area contributed by atoms with E-state index >= 15 is 0 Å². The molecule has 3 heterocycles. The van der Waals surface area contributed by atoms with Gasteiger partial charge in [0.2, 0.25) is 0 Å². The summed E-state index contributed by atoms with van der Waals surface area (Å²) < 4.78 is 27.3. The van der Waals surface area contributed by atoms with Crippen molar-refractivity contribution >= 4 is 28.1 Å². The summed E-state index contributed by atoms with van der Waals surface area (Å²) in [6.45, 7) is 7.35. The first-order chi connectivity index (χ1) is 18.1. The SMILES string of the molecule is C[C@H]1COCCN1c1cc(C(C)(C)S(O)(O)c2ccncc2)nc(-c2ccc(NC(=O)NCCO)cc2)n1. The Labute approximate surface area is 223 Å². The molecule has 2 aromatic heterocycles. The van der Waals surface area contributed by atoms with Crippen molar-refractivity contribution in [2.75, 3.05) is 43.1 Å². The number of aliphatic hydroxyl groups excluding tert-OH is 1. The average molecular weight is 543 g/mol. The van der Waals surface area contributed by atoms with Gasteiger partial charge in [0, 0.05) is 42.8 Å². The first-order valence-electron chi connectivity index (χ1n) is 12.3. The Morgan fingerprint density at radius 2 is 1.87 bits per heavy atom. The second-order valence-electron chi connectivity index (χ2n) is 9.48. The highest BCUT2D eigenvalue weighted by atomic mass is 32.3. The van der Waals surface area contributed by atoms with Gasteiger partial charge in [-0.25, -0.2) is 14.8 Å². The lowest BCUT2D eigenvalue weighted by atomic mass is 10.1. The summed E-state index contributed by atoms with van der Waals surface area (Å²) in [5, 5.41) is 14.1. The highest BCUT2D eigenvalue weighted by Crippen LogP contribution is 2.63. The fourth-order valence-corrected chi connectivity index (χ4v) is 5.59. The van der Waals surface area contributed by atoms with Gasteiger partial charge < -0.3 is 25.4 Å². The first-order valence-corrected chi connectivity index (χ1v) is 13.9. The molecule has 4 rings (SSSR count). The van der Waals surface area contributed by atoms with Crippen LogP contribution >= 0.6 is 10.6 Å². The average Bonchev–Trinajstić information content (AvgIpc) is 2.92. The normalized spacial score (nSPS) is 16.7. The fraction of sp³-hybridized carbons (Fsp3) is 0.385. The zero-order valence-corrected chi connectivity index (χ0v) is 22.5. The van der Waals surface area contributed by atoms with E-state index in [0.29, 0.717) is 53.2 Å². The zero-order valence-electron chi connectivity index (χ0n) is 21.7. The Morgan fingerprint density at radius 3 is 2.53 bits per heavy atom. The van der Waals surface area contributed by atoms with Gasteiger partial charge >= 0.3 is 6.03 Å². The number of carbonyl (C=O) groups excluding carboxylic acids is 1. The second kappa shape index (κ2) is 11.6. The molecule has 1 saturated heterocycles. The molecule has 0 spiro atoms. The number of carbonyl (C=O) groups is 1. The highest BCUT2D eigenvalue weighted by Gasteiger charge is 2.40. The van der Waals surface area contributed by atoms with Crippen LogP contribution in [-0.2, 0) is 9.48 Å². The van der Waals surface area contributed by atoms with Crippen LogP contribution in [0.3, 0.4) is 0 Å². The number of ether oxygens (including phenoxy) is 1. The van der Waals surface area contributed by atoms with Crippen molar-refractivity contribution in [1.29, 1.82) is 0 Å². The quantitative estimate of drug-likeness (QED) is 0.285. The molecule has 1 aromatic carbocycles. The maximum atomic E-state index is 11.9. The molecule has 1 fully saturated rings. The van der Waals surface area contributed by atoms with Crippen LogP contribution in [-0.4, -0.2) is 74.1 Å². The van der Waals surface area contributed by atoms with E-state index in [9.17, 15) is 13.9 Å². The third-order valence-corrected chi connectivity index (χ3v) is 9.04. The number of aliphatic hydroxyl groups is 1. The molecule has 0 saturated carbocycles. The van der Waals surface area contributed by atoms with Crippen molar-refractivity contribution in [2.45, 2.75) is 36.5 Å². The van der Waals surface area contributed by atoms with Crippen molar-refractivity contribution < 1.29 is 23.7 Å². The van der Waals surface area contributed by atoms with Crippen LogP contribution in [0.1, 0.15) is 26.5 Å². The monoisotopic (exact) mass is 542 g/mol. The number of hydrogen-bond donors (Lipinski definition) is 5. The van der Waals surface area contributed by atoms with Crippen molar-refractivity contribution in [3.63, 3.8) is 0 Å². The predicted molar refractivity (Wildman–Crippen MR) is 148 cm³/mol. The standard InChI is InChI=1S/C26H34N6O5S/c1-18-17-37-15-13-32(18)23-16-22(26(2,3)38(35,36)21-8-10-27-11-9-21)30-24(31-23)19-4-6-20(7-5-19)29-25(34)28-12-14-33/h4-11,16,18,33,35-36H,12-15,17H2,1-3H3,(H2,28,29,34)/t18-/m0/s1. The van der Waals surface area contributed by atoms with E-state index in [-0.39, 0.29) is 19.2 Å². The Kier molecular flexibility index (Phi) is 8.48. The number of morpholine rings is 1. The lowest BCUT2D eigenvalue weighted by molar-refractivity contribution is 0.0985. The van der Waals surface area contributed by atoms with Gasteiger partial charge in [-0.1, -0.05) is 0 Å². The first kappa shape index (κ1) is 27.7. The van der Waals surface area contributed by atoms with Crippen LogP contribution in [0.4, 0.5) is 16.3 Å². The predicted octanol–water partition coefficient (Wildman–Crippen LogP) is 3.92. The number of amides is 2. The molecule has 1 atom stereocenters. The largest absolute Gasteiger partial charge is 0.395 e. The molecular weight excluding hydrogens is 508 g/mol. The highest BCUT2D eigenvalue weighted by molar-refractivity contribution is 8.25. The Morgan fingerprint density at radius 1 is 1.16 bits per heavy atom. The number of aromatic nitrogens is 3. The van der Waals surface area contributed by atoms with Gasteiger partial charge in [-0.3, -0.25) is 14.1 Å². The summed E-state index contributed by atoms with van der Waals surface area (Å²) in [5.41, 5.74) is 1.75. The molecule has 204 valence electrons. The molecule has 5 N–H and O–H groups in total. The van der Waals surface area contributed by atoms with E-state index in [4.69, 9.17) is 19.8 Å². The minimum atomic E-state index is -3.33. The molecule has 11 nitrogen and oxygen atoms in total. The molecule has 2 amide bonds. The molecule has 0 bridgehead atoms. The van der Waals surface area contributed by atoms with E-state index in [1.165, 1.54) is 12.4 Å². The number of nitrogens with one attached hydrogen (secondary N) is 2. The van der Waals surface area contributed by atoms with Gasteiger partial charge in [-0.15, -0.1) is 0 Å². The molecule has 0 radical (unpaired) electrons. The minimum absolute atomic E-state index is 0.0760. The number of urea groups is 1. The van der Waals surface area contributed by atoms with E-state index in [1.54, 1.807) is 50.2 Å². The molecule has 38 heavy (non-hydrogen) atoms. The summed E-state index contributed by atoms with van der Waals surface area (Å²) in [6.07, 6.45) is 3.07. The number of hydrogen-bond acceptors (Lipinski definition) is 9. The van der Waals surface area contributed by atoms with Crippen LogP contribution in [0.5, 0.6) is 0 Å².